The second-order valence-electron chi connectivity index (χ2n) is 9.74. The maximum atomic E-state index is 13.0. The summed E-state index contributed by atoms with van der Waals surface area (Å²) < 4.78 is 16.6. The highest BCUT2D eigenvalue weighted by Crippen LogP contribution is 2.46. The van der Waals surface area contributed by atoms with Gasteiger partial charge in [-0.05, 0) is 74.7 Å². The number of ketones is 1. The van der Waals surface area contributed by atoms with Gasteiger partial charge >= 0.3 is 5.97 Å². The lowest BCUT2D eigenvalue weighted by Gasteiger charge is -2.39. The molecule has 0 heterocycles. The monoisotopic (exact) mass is 459 g/mol. The molecular weight excluding hydrogens is 422 g/mol. The fraction of sp³-hybridized carbons (Fsp3) is 0.560. The van der Waals surface area contributed by atoms with Crippen molar-refractivity contribution in [3.05, 3.63) is 35.4 Å². The Labute approximate surface area is 193 Å². The number of hydrogen-bond acceptors (Lipinski definition) is 6. The summed E-state index contributed by atoms with van der Waals surface area (Å²) in [7, 11) is -0.244. The molecule has 7 heteroatoms. The van der Waals surface area contributed by atoms with Gasteiger partial charge in [-0.1, -0.05) is 20.8 Å². The number of allylic oxidation sites excluding steroid dienone is 1. The highest BCUT2D eigenvalue weighted by molar-refractivity contribution is 6.74. The Kier molecular flexibility index (Phi) is 8.23. The van der Waals surface area contributed by atoms with Gasteiger partial charge in [0.2, 0.25) is 0 Å². The highest BCUT2D eigenvalue weighted by atomic mass is 28.4. The van der Waals surface area contributed by atoms with Crippen LogP contribution in [-0.2, 0) is 18.8 Å². The fourth-order valence-corrected chi connectivity index (χ4v) is 4.45. The molecule has 0 saturated carbocycles. The minimum atomic E-state index is -1.85. The molecule has 0 N–H and O–H groups in total. The van der Waals surface area contributed by atoms with Crippen LogP contribution < -0.4 is 4.74 Å². The van der Waals surface area contributed by atoms with Crippen LogP contribution in [0.15, 0.2) is 40.4 Å². The van der Waals surface area contributed by atoms with Crippen molar-refractivity contribution in [3.8, 4) is 5.75 Å². The summed E-state index contributed by atoms with van der Waals surface area (Å²) in [6.07, 6.45) is 2.87. The molecule has 0 fully saturated rings. The van der Waals surface area contributed by atoms with Gasteiger partial charge in [0, 0.05) is 18.4 Å². The summed E-state index contributed by atoms with van der Waals surface area (Å²) in [4.78, 5) is 30.0. The van der Waals surface area contributed by atoms with Crippen LogP contribution in [0.3, 0.4) is 0 Å². The standard InChI is InChI=1S/C25H37NO5Si/c1-9-30-23(28)25(5)21(11-10-16-31-32(7,8)24(2,3)4)20(22(25)27)17-26-18-12-14-19(29-6)15-13-18/h12-15,17H,9-11,16H2,1-8H3. The van der Waals surface area contributed by atoms with Crippen LogP contribution in [0.1, 0.15) is 47.5 Å². The molecule has 32 heavy (non-hydrogen) atoms. The lowest BCUT2D eigenvalue weighted by Crippen LogP contribution is -2.49. The van der Waals surface area contributed by atoms with Gasteiger partial charge in [0.1, 0.15) is 11.2 Å². The van der Waals surface area contributed by atoms with E-state index in [1.165, 1.54) is 0 Å². The number of carbonyl (C=O) groups is 2. The largest absolute Gasteiger partial charge is 0.497 e. The Balaban J connectivity index is 2.21. The summed E-state index contributed by atoms with van der Waals surface area (Å²) >= 11 is 0. The maximum Gasteiger partial charge on any atom is 0.323 e. The second kappa shape index (κ2) is 10.1. The number of ether oxygens (including phenoxy) is 2. The number of rotatable bonds is 10. The SMILES string of the molecule is CCOC(=O)C1(C)C(=O)C(C=Nc2ccc(OC)cc2)=C1CCCO[Si](C)(C)C(C)(C)C. The Morgan fingerprint density at radius 2 is 1.81 bits per heavy atom. The van der Waals surface area contributed by atoms with Crippen molar-refractivity contribution in [1.29, 1.82) is 0 Å². The first kappa shape index (κ1) is 26.0. The Morgan fingerprint density at radius 1 is 1.19 bits per heavy atom. The molecule has 1 aliphatic rings. The topological polar surface area (TPSA) is 74.2 Å². The van der Waals surface area contributed by atoms with Crippen molar-refractivity contribution in [3.63, 3.8) is 0 Å². The van der Waals surface area contributed by atoms with Crippen molar-refractivity contribution >= 4 is 32.0 Å². The molecule has 0 aliphatic heterocycles. The number of hydrogen-bond donors (Lipinski definition) is 0. The molecule has 0 bridgehead atoms. The third-order valence-electron chi connectivity index (χ3n) is 6.57. The lowest BCUT2D eigenvalue weighted by atomic mass is 9.62. The molecule has 1 aromatic carbocycles. The van der Waals surface area contributed by atoms with Gasteiger partial charge in [-0.25, -0.2) is 0 Å². The number of methoxy groups -OCH3 is 1. The minimum absolute atomic E-state index is 0.133. The Morgan fingerprint density at radius 3 is 2.34 bits per heavy atom. The van der Waals surface area contributed by atoms with Crippen LogP contribution in [-0.4, -0.2) is 46.6 Å². The molecule has 6 nitrogen and oxygen atoms in total. The fourth-order valence-electron chi connectivity index (χ4n) is 3.36. The van der Waals surface area contributed by atoms with E-state index >= 15 is 0 Å². The summed E-state index contributed by atoms with van der Waals surface area (Å²) in [6, 6.07) is 7.25. The first-order valence-electron chi connectivity index (χ1n) is 11.2. The third-order valence-corrected chi connectivity index (χ3v) is 11.1. The van der Waals surface area contributed by atoms with E-state index in [2.05, 4.69) is 38.9 Å². The van der Waals surface area contributed by atoms with Crippen molar-refractivity contribution in [1.82, 2.24) is 0 Å². The number of benzene rings is 1. The normalized spacial score (nSPS) is 19.3. The number of nitrogens with zero attached hydrogens (tertiary/aromatic N) is 1. The Bertz CT molecular complexity index is 896. The van der Waals surface area contributed by atoms with E-state index in [4.69, 9.17) is 13.9 Å². The zero-order chi connectivity index (χ0) is 24.2. The van der Waals surface area contributed by atoms with Crippen molar-refractivity contribution in [2.45, 2.75) is 65.6 Å². The first-order valence-corrected chi connectivity index (χ1v) is 14.1. The molecule has 1 aromatic rings. The molecule has 1 atom stereocenters. The van der Waals surface area contributed by atoms with Gasteiger partial charge in [0.15, 0.2) is 14.1 Å². The van der Waals surface area contributed by atoms with E-state index in [9.17, 15) is 9.59 Å². The van der Waals surface area contributed by atoms with Gasteiger partial charge in [0.05, 0.1) is 19.4 Å². The van der Waals surface area contributed by atoms with Crippen LogP contribution in [0.2, 0.25) is 18.1 Å². The van der Waals surface area contributed by atoms with Crippen molar-refractivity contribution in [2.24, 2.45) is 10.4 Å². The summed E-state index contributed by atoms with van der Waals surface area (Å²) in [5.41, 5.74) is 0.728. The quantitative estimate of drug-likeness (QED) is 0.149. The average Bonchev–Trinajstić information content (AvgIpc) is 2.74. The van der Waals surface area contributed by atoms with Gasteiger partial charge < -0.3 is 13.9 Å². The second-order valence-corrected chi connectivity index (χ2v) is 14.5. The number of carbonyl (C=O) groups excluding carboxylic acids is 2. The molecule has 0 aromatic heterocycles. The van der Waals surface area contributed by atoms with E-state index in [1.54, 1.807) is 27.2 Å². The van der Waals surface area contributed by atoms with E-state index in [0.717, 1.165) is 17.7 Å². The molecular formula is C25H37NO5Si. The van der Waals surface area contributed by atoms with Gasteiger partial charge in [-0.15, -0.1) is 0 Å². The Hall–Kier alpha value is -2.25. The van der Waals surface area contributed by atoms with Crippen LogP contribution in [0.5, 0.6) is 5.75 Å². The zero-order valence-electron chi connectivity index (χ0n) is 20.7. The van der Waals surface area contributed by atoms with E-state index in [-0.39, 0.29) is 17.4 Å². The smallest absolute Gasteiger partial charge is 0.323 e. The minimum Gasteiger partial charge on any atom is -0.497 e. The number of aliphatic imine (C=N–C) groups is 1. The molecule has 2 rings (SSSR count). The molecule has 0 amide bonds. The summed E-state index contributed by atoms with van der Waals surface area (Å²) in [5, 5.41) is 0.133. The van der Waals surface area contributed by atoms with Crippen LogP contribution in [0, 0.1) is 5.41 Å². The number of esters is 1. The number of Topliss-reactive ketones (excluding diaryl/α,β-unsaturated/α-hetero) is 1. The van der Waals surface area contributed by atoms with Crippen molar-refractivity contribution in [2.75, 3.05) is 20.3 Å². The predicted molar refractivity (Wildman–Crippen MR) is 130 cm³/mol. The molecule has 0 spiro atoms. The predicted octanol–water partition coefficient (Wildman–Crippen LogP) is 5.65. The summed E-state index contributed by atoms with van der Waals surface area (Å²) in [5.74, 6) is 0.000585. The van der Waals surface area contributed by atoms with Crippen LogP contribution in [0.25, 0.3) is 0 Å². The van der Waals surface area contributed by atoms with Crippen molar-refractivity contribution < 1.29 is 23.5 Å². The summed E-state index contributed by atoms with van der Waals surface area (Å²) in [6.45, 7) is 15.3. The lowest BCUT2D eigenvalue weighted by molar-refractivity contribution is -0.157. The third kappa shape index (κ3) is 5.38. The van der Waals surface area contributed by atoms with Gasteiger partial charge in [-0.3, -0.25) is 14.6 Å². The molecule has 1 unspecified atom stereocenters. The van der Waals surface area contributed by atoms with Crippen LogP contribution in [0.4, 0.5) is 5.69 Å². The van der Waals surface area contributed by atoms with Gasteiger partial charge in [-0.2, -0.15) is 0 Å². The maximum absolute atomic E-state index is 13.0. The molecule has 176 valence electrons. The average molecular weight is 460 g/mol. The molecule has 0 radical (unpaired) electrons. The van der Waals surface area contributed by atoms with Gasteiger partial charge in [0.25, 0.3) is 0 Å². The van der Waals surface area contributed by atoms with E-state index < -0.39 is 19.7 Å². The molecule has 0 saturated heterocycles. The van der Waals surface area contributed by atoms with Crippen LogP contribution >= 0.6 is 0 Å². The zero-order valence-corrected chi connectivity index (χ0v) is 21.7. The van der Waals surface area contributed by atoms with E-state index in [0.29, 0.717) is 24.3 Å². The highest BCUT2D eigenvalue weighted by Gasteiger charge is 2.55. The molecule has 1 aliphatic carbocycles. The first-order chi connectivity index (χ1) is 14.9. The van der Waals surface area contributed by atoms with E-state index in [1.807, 2.05) is 24.3 Å².